The first-order valence-corrected chi connectivity index (χ1v) is 12.4. The first-order valence-electron chi connectivity index (χ1n) is 12.4. The van der Waals surface area contributed by atoms with Crippen molar-refractivity contribution >= 4 is 5.97 Å². The molecule has 8 rings (SSSR count). The fraction of sp³-hybridized carbons (Fsp3) is 0.720. The van der Waals surface area contributed by atoms with Crippen molar-refractivity contribution in [3.8, 4) is 0 Å². The number of hydrogen-bond acceptors (Lipinski definition) is 11. The zero-order valence-electron chi connectivity index (χ0n) is 20.1. The molecular formula is C25H32O11. The molecule has 3 saturated carbocycles. The van der Waals surface area contributed by atoms with Gasteiger partial charge < -0.3 is 48.8 Å². The monoisotopic (exact) mass is 508 g/mol. The highest BCUT2D eigenvalue weighted by molar-refractivity contribution is 5.89. The van der Waals surface area contributed by atoms with Crippen LogP contribution in [0.4, 0.5) is 0 Å². The zero-order valence-corrected chi connectivity index (χ0v) is 20.1. The molecule has 0 radical (unpaired) electrons. The van der Waals surface area contributed by atoms with Crippen LogP contribution < -0.4 is 0 Å². The van der Waals surface area contributed by atoms with Crippen LogP contribution in [0.5, 0.6) is 0 Å². The molecule has 198 valence electrons. The van der Waals surface area contributed by atoms with Crippen LogP contribution in [-0.2, 0) is 28.4 Å². The normalized spacial score (nSPS) is 50.2. The van der Waals surface area contributed by atoms with Gasteiger partial charge in [-0.05, 0) is 32.4 Å². The highest BCUT2D eigenvalue weighted by Gasteiger charge is 2.95. The summed E-state index contributed by atoms with van der Waals surface area (Å²) in [4.78, 5) is 12.9. The Balaban J connectivity index is 1.34. The quantitative estimate of drug-likeness (QED) is 0.342. The molecular weight excluding hydrogens is 476 g/mol. The summed E-state index contributed by atoms with van der Waals surface area (Å²) in [7, 11) is 0. The Bertz CT molecular complexity index is 1020. The molecule has 3 aliphatic carbocycles. The van der Waals surface area contributed by atoms with Gasteiger partial charge in [0, 0.05) is 18.9 Å². The summed E-state index contributed by atoms with van der Waals surface area (Å²) in [5, 5.41) is 40.8. The third-order valence-corrected chi connectivity index (χ3v) is 8.93. The first kappa shape index (κ1) is 24.7. The number of rotatable bonds is 8. The summed E-state index contributed by atoms with van der Waals surface area (Å²) in [6.07, 6.45) is -7.21. The van der Waals surface area contributed by atoms with E-state index in [-0.39, 0.29) is 12.5 Å². The minimum absolute atomic E-state index is 0.0854. The van der Waals surface area contributed by atoms with Crippen LogP contribution in [0.1, 0.15) is 37.0 Å². The van der Waals surface area contributed by atoms with E-state index >= 15 is 0 Å². The fourth-order valence-electron chi connectivity index (χ4n) is 7.27. The Labute approximate surface area is 207 Å². The molecule has 1 aromatic rings. The maximum absolute atomic E-state index is 12.9. The highest BCUT2D eigenvalue weighted by atomic mass is 16.8. The van der Waals surface area contributed by atoms with Gasteiger partial charge in [-0.2, -0.15) is 0 Å². The Morgan fingerprint density at radius 3 is 2.56 bits per heavy atom. The first-order chi connectivity index (χ1) is 17.2. The van der Waals surface area contributed by atoms with Crippen molar-refractivity contribution in [1.29, 1.82) is 0 Å². The summed E-state index contributed by atoms with van der Waals surface area (Å²) in [5.41, 5.74) is -2.62. The molecule has 11 heteroatoms. The van der Waals surface area contributed by atoms with Crippen LogP contribution >= 0.6 is 0 Å². The van der Waals surface area contributed by atoms with Crippen LogP contribution in [0.25, 0.3) is 0 Å². The average molecular weight is 509 g/mol. The Hall–Kier alpha value is -1.67. The molecule has 4 N–H and O–H groups in total. The topological polar surface area (TPSA) is 153 Å². The third-order valence-electron chi connectivity index (χ3n) is 8.93. The van der Waals surface area contributed by atoms with E-state index in [1.54, 1.807) is 30.3 Å². The lowest BCUT2D eigenvalue weighted by molar-refractivity contribution is -0.429. The summed E-state index contributed by atoms with van der Waals surface area (Å²) in [6, 6.07) is 8.62. The lowest BCUT2D eigenvalue weighted by Crippen LogP contribution is -2.81. The van der Waals surface area contributed by atoms with Crippen LogP contribution in [0.2, 0.25) is 0 Å². The lowest BCUT2D eigenvalue weighted by Gasteiger charge is -2.68. The van der Waals surface area contributed by atoms with Gasteiger partial charge >= 0.3 is 5.97 Å². The fourth-order valence-corrected chi connectivity index (χ4v) is 7.27. The van der Waals surface area contributed by atoms with E-state index in [0.29, 0.717) is 25.0 Å². The summed E-state index contributed by atoms with van der Waals surface area (Å²) >= 11 is 0. The van der Waals surface area contributed by atoms with Gasteiger partial charge in [0.05, 0.1) is 17.6 Å². The molecule has 1 aromatic carbocycles. The second-order valence-electron chi connectivity index (χ2n) is 10.6. The van der Waals surface area contributed by atoms with Crippen molar-refractivity contribution in [3.63, 3.8) is 0 Å². The average Bonchev–Trinajstić information content (AvgIpc) is 3.06. The van der Waals surface area contributed by atoms with E-state index in [2.05, 4.69) is 0 Å². The van der Waals surface area contributed by atoms with Crippen molar-refractivity contribution in [1.82, 2.24) is 0 Å². The highest BCUT2D eigenvalue weighted by Crippen LogP contribution is 2.82. The van der Waals surface area contributed by atoms with E-state index in [1.807, 2.05) is 13.8 Å². The lowest BCUT2D eigenvalue weighted by atomic mass is 9.41. The van der Waals surface area contributed by atoms with Crippen LogP contribution in [0.3, 0.4) is 0 Å². The molecule has 6 bridgehead atoms. The second kappa shape index (κ2) is 8.16. The molecule has 11 atom stereocenters. The Morgan fingerprint density at radius 2 is 1.86 bits per heavy atom. The maximum atomic E-state index is 12.9. The smallest absolute Gasteiger partial charge is 0.338 e. The molecule has 0 spiro atoms. The van der Waals surface area contributed by atoms with Crippen molar-refractivity contribution in [2.45, 2.75) is 80.7 Å². The largest absolute Gasteiger partial charge is 0.461 e. The molecule has 0 amide bonds. The van der Waals surface area contributed by atoms with E-state index < -0.39 is 72.0 Å². The van der Waals surface area contributed by atoms with Crippen LogP contribution in [0.15, 0.2) is 30.3 Å². The molecule has 4 heterocycles. The number of hydrogen-bond donors (Lipinski definition) is 4. The van der Waals surface area contributed by atoms with E-state index in [1.165, 1.54) is 0 Å². The molecule has 3 unspecified atom stereocenters. The number of aliphatic hydroxyl groups is 4. The number of carbonyl (C=O) groups excluding carboxylic acids is 1. The van der Waals surface area contributed by atoms with Gasteiger partial charge in [0.25, 0.3) is 0 Å². The van der Waals surface area contributed by atoms with Gasteiger partial charge in [-0.3, -0.25) is 0 Å². The van der Waals surface area contributed by atoms with Crippen LogP contribution in [-0.4, -0.2) is 100 Å². The van der Waals surface area contributed by atoms with Crippen molar-refractivity contribution in [3.05, 3.63) is 35.9 Å². The summed E-state index contributed by atoms with van der Waals surface area (Å²) in [5.74, 6) is -1.65. The predicted octanol–water partition coefficient (Wildman–Crippen LogP) is -0.313. The van der Waals surface area contributed by atoms with Crippen LogP contribution in [0, 0.1) is 11.3 Å². The van der Waals surface area contributed by atoms with Gasteiger partial charge in [-0.1, -0.05) is 18.2 Å². The van der Waals surface area contributed by atoms with Gasteiger partial charge in [0.2, 0.25) is 0 Å². The predicted molar refractivity (Wildman–Crippen MR) is 118 cm³/mol. The Morgan fingerprint density at radius 1 is 1.11 bits per heavy atom. The molecule has 4 aliphatic heterocycles. The molecule has 11 nitrogen and oxygen atoms in total. The van der Waals surface area contributed by atoms with Gasteiger partial charge in [0.15, 0.2) is 18.4 Å². The minimum Gasteiger partial charge on any atom is -0.461 e. The van der Waals surface area contributed by atoms with E-state index in [0.717, 1.165) is 0 Å². The van der Waals surface area contributed by atoms with Crippen molar-refractivity contribution < 1.29 is 53.6 Å². The molecule has 4 saturated heterocycles. The van der Waals surface area contributed by atoms with Gasteiger partial charge in [0.1, 0.15) is 42.2 Å². The SMILES string of the molecule is CCO[C@]12C[C@]3(C)OC(O1)[C@]1(COC(=O)c4ccccc4)[C@H]2C[C@]31O[C@@H]1OC(CO)[C@@H](O)[C@H](O)C1O. The number of benzene rings is 1. The van der Waals surface area contributed by atoms with E-state index in [9.17, 15) is 25.2 Å². The van der Waals surface area contributed by atoms with Gasteiger partial charge in [-0.15, -0.1) is 0 Å². The number of ether oxygens (including phenoxy) is 6. The molecule has 7 aliphatic rings. The number of esters is 1. The minimum atomic E-state index is -1.59. The zero-order chi connectivity index (χ0) is 25.5. The molecule has 36 heavy (non-hydrogen) atoms. The molecule has 0 aromatic heterocycles. The van der Waals surface area contributed by atoms with Crippen molar-refractivity contribution in [2.75, 3.05) is 19.8 Å². The number of aliphatic hydroxyl groups excluding tert-OH is 4. The molecule has 7 fully saturated rings. The standard InChI is InChI=1S/C25H32O11/c1-3-32-24-11-22(2)25(34-20-18(29)17(28)16(27)14(10-26)33-20)9-15(24)23(25,21(35-22)36-24)12-31-19(30)13-7-5-4-6-8-13/h4-8,14-18,20-21,26-29H,3,9-12H2,1-2H3/t14?,15-,16-,17+,18?,20+,21?,22+,23+,24-,25+/m1/s1. The van der Waals surface area contributed by atoms with E-state index in [4.69, 9.17) is 28.4 Å². The summed E-state index contributed by atoms with van der Waals surface area (Å²) < 4.78 is 36.8. The second-order valence-corrected chi connectivity index (χ2v) is 10.6. The number of carbonyl (C=O) groups is 1. The van der Waals surface area contributed by atoms with Crippen molar-refractivity contribution in [2.24, 2.45) is 11.3 Å². The maximum Gasteiger partial charge on any atom is 0.338 e. The Kier molecular flexibility index (Phi) is 5.59. The summed E-state index contributed by atoms with van der Waals surface area (Å²) in [6.45, 7) is 3.51. The van der Waals surface area contributed by atoms with Gasteiger partial charge in [-0.25, -0.2) is 4.79 Å². The third kappa shape index (κ3) is 2.92.